The predicted molar refractivity (Wildman–Crippen MR) is 51.1 cm³/mol. The second-order valence-electron chi connectivity index (χ2n) is 3.19. The second kappa shape index (κ2) is 2.75. The first kappa shape index (κ1) is 8.08. The van der Waals surface area contributed by atoms with Gasteiger partial charge in [-0.3, -0.25) is 0 Å². The molecule has 0 heterocycles. The summed E-state index contributed by atoms with van der Waals surface area (Å²) in [7, 11) is 0. The highest BCUT2D eigenvalue weighted by Gasteiger charge is 2.36. The van der Waals surface area contributed by atoms with E-state index in [4.69, 9.17) is 5.73 Å². The van der Waals surface area contributed by atoms with E-state index in [2.05, 4.69) is 15.9 Å². The van der Waals surface area contributed by atoms with Gasteiger partial charge in [-0.15, -0.1) is 0 Å². The van der Waals surface area contributed by atoms with Crippen LogP contribution in [0.1, 0.15) is 17.9 Å². The van der Waals surface area contributed by atoms with Crippen molar-refractivity contribution in [3.63, 3.8) is 0 Å². The van der Waals surface area contributed by atoms with Crippen molar-refractivity contribution < 1.29 is 5.11 Å². The molecule has 1 fully saturated rings. The van der Waals surface area contributed by atoms with Crippen LogP contribution in [0.5, 0.6) is 5.75 Å². The van der Waals surface area contributed by atoms with E-state index in [-0.39, 0.29) is 6.04 Å². The molecule has 0 bridgehead atoms. The Bertz CT molecular complexity index is 313. The lowest BCUT2D eigenvalue weighted by Gasteiger charge is -2.03. The van der Waals surface area contributed by atoms with Crippen molar-refractivity contribution in [3.8, 4) is 5.75 Å². The van der Waals surface area contributed by atoms with Crippen molar-refractivity contribution in [2.45, 2.75) is 18.4 Å². The highest BCUT2D eigenvalue weighted by Crippen LogP contribution is 2.44. The van der Waals surface area contributed by atoms with Crippen molar-refractivity contribution in [2.24, 2.45) is 5.73 Å². The van der Waals surface area contributed by atoms with Crippen LogP contribution < -0.4 is 5.73 Å². The standard InChI is InChI=1S/C9H10BrNO/c10-9-5(6-4-7(6)11)2-1-3-8(9)12/h1-3,6-7,12H,4,11H2/t6-,7+/m0/s1. The van der Waals surface area contributed by atoms with Crippen molar-refractivity contribution >= 4 is 15.9 Å². The zero-order valence-electron chi connectivity index (χ0n) is 6.50. The summed E-state index contributed by atoms with van der Waals surface area (Å²) in [4.78, 5) is 0. The Hall–Kier alpha value is -0.540. The minimum atomic E-state index is 0.281. The van der Waals surface area contributed by atoms with Gasteiger partial charge in [0.2, 0.25) is 0 Å². The minimum absolute atomic E-state index is 0.281. The van der Waals surface area contributed by atoms with Gasteiger partial charge < -0.3 is 10.8 Å². The van der Waals surface area contributed by atoms with Gasteiger partial charge in [0.05, 0.1) is 4.47 Å². The second-order valence-corrected chi connectivity index (χ2v) is 3.98. The van der Waals surface area contributed by atoms with E-state index in [1.165, 1.54) is 0 Å². The smallest absolute Gasteiger partial charge is 0.130 e. The van der Waals surface area contributed by atoms with Crippen LogP contribution in [0.4, 0.5) is 0 Å². The highest BCUT2D eigenvalue weighted by molar-refractivity contribution is 9.10. The number of nitrogens with two attached hydrogens (primary N) is 1. The van der Waals surface area contributed by atoms with Crippen LogP contribution in [-0.4, -0.2) is 11.1 Å². The lowest BCUT2D eigenvalue weighted by atomic mass is 10.1. The van der Waals surface area contributed by atoms with Gasteiger partial charge in [0.15, 0.2) is 0 Å². The number of phenolic OH excluding ortho intramolecular Hbond substituents is 1. The van der Waals surface area contributed by atoms with E-state index in [9.17, 15) is 5.11 Å². The summed E-state index contributed by atoms with van der Waals surface area (Å²) in [6.07, 6.45) is 1.03. The maximum Gasteiger partial charge on any atom is 0.130 e. The van der Waals surface area contributed by atoms with Crippen molar-refractivity contribution in [3.05, 3.63) is 28.2 Å². The molecule has 0 spiro atoms. The van der Waals surface area contributed by atoms with Gasteiger partial charge in [-0.2, -0.15) is 0 Å². The zero-order valence-corrected chi connectivity index (χ0v) is 8.08. The van der Waals surface area contributed by atoms with Crippen LogP contribution in [0.3, 0.4) is 0 Å². The minimum Gasteiger partial charge on any atom is -0.507 e. The summed E-state index contributed by atoms with van der Waals surface area (Å²) in [5.74, 6) is 0.734. The van der Waals surface area contributed by atoms with Crippen molar-refractivity contribution in [2.75, 3.05) is 0 Å². The largest absolute Gasteiger partial charge is 0.507 e. The third-order valence-corrected chi connectivity index (χ3v) is 3.11. The Kier molecular flexibility index (Phi) is 1.85. The molecule has 2 rings (SSSR count). The topological polar surface area (TPSA) is 46.2 Å². The molecule has 0 amide bonds. The molecule has 1 aromatic carbocycles. The first-order valence-electron chi connectivity index (χ1n) is 3.93. The SMILES string of the molecule is N[C@@H]1C[C@H]1c1cccc(O)c1Br. The van der Waals surface area contributed by atoms with Crippen LogP contribution in [0.2, 0.25) is 0 Å². The molecule has 3 N–H and O–H groups in total. The van der Waals surface area contributed by atoms with Gasteiger partial charge in [0.25, 0.3) is 0 Å². The molecule has 0 saturated heterocycles. The number of hydrogen-bond acceptors (Lipinski definition) is 2. The lowest BCUT2D eigenvalue weighted by molar-refractivity contribution is 0.471. The van der Waals surface area contributed by atoms with Crippen LogP contribution in [0, 0.1) is 0 Å². The maximum absolute atomic E-state index is 9.38. The molecule has 0 aliphatic heterocycles. The van der Waals surface area contributed by atoms with Crippen molar-refractivity contribution in [1.29, 1.82) is 0 Å². The molecular formula is C9H10BrNO. The van der Waals surface area contributed by atoms with Crippen molar-refractivity contribution in [1.82, 2.24) is 0 Å². The monoisotopic (exact) mass is 227 g/mol. The molecule has 1 aliphatic rings. The molecule has 2 atom stereocenters. The Morgan fingerprint density at radius 3 is 2.75 bits per heavy atom. The van der Waals surface area contributed by atoms with Gasteiger partial charge in [-0.05, 0) is 34.0 Å². The van der Waals surface area contributed by atoms with Crippen LogP contribution in [0.25, 0.3) is 0 Å². The van der Waals surface area contributed by atoms with E-state index >= 15 is 0 Å². The highest BCUT2D eigenvalue weighted by atomic mass is 79.9. The molecule has 64 valence electrons. The lowest BCUT2D eigenvalue weighted by Crippen LogP contribution is -2.01. The number of rotatable bonds is 1. The summed E-state index contributed by atoms with van der Waals surface area (Å²) in [6, 6.07) is 5.80. The summed E-state index contributed by atoms with van der Waals surface area (Å²) in [5.41, 5.74) is 6.84. The summed E-state index contributed by atoms with van der Waals surface area (Å²) in [5, 5.41) is 9.38. The Morgan fingerprint density at radius 2 is 2.17 bits per heavy atom. The fraction of sp³-hybridized carbons (Fsp3) is 0.333. The third kappa shape index (κ3) is 1.23. The molecule has 0 radical (unpaired) electrons. The quantitative estimate of drug-likeness (QED) is 0.771. The third-order valence-electron chi connectivity index (χ3n) is 2.25. The van der Waals surface area contributed by atoms with Gasteiger partial charge in [-0.25, -0.2) is 0 Å². The van der Waals surface area contributed by atoms with Crippen LogP contribution in [-0.2, 0) is 0 Å². The summed E-state index contributed by atoms with van der Waals surface area (Å²) in [6.45, 7) is 0. The average molecular weight is 228 g/mol. The number of phenols is 1. The number of hydrogen-bond donors (Lipinski definition) is 2. The maximum atomic E-state index is 9.38. The predicted octanol–water partition coefficient (Wildman–Crippen LogP) is 1.97. The van der Waals surface area contributed by atoms with E-state index in [0.29, 0.717) is 11.7 Å². The molecule has 2 nitrogen and oxygen atoms in total. The molecule has 12 heavy (non-hydrogen) atoms. The average Bonchev–Trinajstić information content (AvgIpc) is 2.73. The van der Waals surface area contributed by atoms with Gasteiger partial charge in [0, 0.05) is 12.0 Å². The molecule has 0 unspecified atom stereocenters. The summed E-state index contributed by atoms with van der Waals surface area (Å²) >= 11 is 3.34. The van der Waals surface area contributed by atoms with Gasteiger partial charge in [0.1, 0.15) is 5.75 Å². The molecular weight excluding hydrogens is 218 g/mol. The van der Waals surface area contributed by atoms with E-state index in [1.54, 1.807) is 6.07 Å². The Balaban J connectivity index is 2.38. The molecule has 3 heteroatoms. The molecule has 0 aromatic heterocycles. The van der Waals surface area contributed by atoms with Gasteiger partial charge >= 0.3 is 0 Å². The number of aromatic hydroxyl groups is 1. The zero-order chi connectivity index (χ0) is 8.72. The first-order chi connectivity index (χ1) is 5.70. The van der Waals surface area contributed by atoms with E-state index in [0.717, 1.165) is 16.5 Å². The molecule has 1 aliphatic carbocycles. The molecule has 1 aromatic rings. The Morgan fingerprint density at radius 1 is 1.50 bits per heavy atom. The fourth-order valence-corrected chi connectivity index (χ4v) is 1.95. The number of benzene rings is 1. The van der Waals surface area contributed by atoms with E-state index in [1.807, 2.05) is 12.1 Å². The number of halogens is 1. The van der Waals surface area contributed by atoms with Crippen LogP contribution in [0.15, 0.2) is 22.7 Å². The molecule has 1 saturated carbocycles. The van der Waals surface area contributed by atoms with Gasteiger partial charge in [-0.1, -0.05) is 12.1 Å². The van der Waals surface area contributed by atoms with Crippen LogP contribution >= 0.6 is 15.9 Å². The fourth-order valence-electron chi connectivity index (χ4n) is 1.40. The normalized spacial score (nSPS) is 27.2. The first-order valence-corrected chi connectivity index (χ1v) is 4.72. The summed E-state index contributed by atoms with van der Waals surface area (Å²) < 4.78 is 0.794. The van der Waals surface area contributed by atoms with E-state index < -0.39 is 0 Å². The Labute approximate surface area is 79.5 Å².